The minimum Gasteiger partial charge on any atom is -0.309 e. The predicted molar refractivity (Wildman–Crippen MR) is 95.6 cm³/mol. The zero-order valence-corrected chi connectivity index (χ0v) is 14.3. The molecule has 0 aliphatic rings. The van der Waals surface area contributed by atoms with Crippen molar-refractivity contribution >= 4 is 33.2 Å². The maximum atomic E-state index is 14.0. The Morgan fingerprint density at radius 2 is 1.00 bits per heavy atom. The highest BCUT2D eigenvalue weighted by molar-refractivity contribution is 7.86. The Morgan fingerprint density at radius 3 is 1.38 bits per heavy atom. The molecule has 0 saturated heterocycles. The molecule has 3 rings (SSSR count). The van der Waals surface area contributed by atoms with Gasteiger partial charge < -0.3 is 4.57 Å². The molecule has 6 heteroatoms. The summed E-state index contributed by atoms with van der Waals surface area (Å²) in [4.78, 5) is -0.223. The number of benzene rings is 3. The average molecular weight is 358 g/mol. The summed E-state index contributed by atoms with van der Waals surface area (Å²) >= 11 is 0. The molecule has 0 radical (unpaired) electrons. The molecule has 1 N–H and O–H groups in total. The summed E-state index contributed by atoms with van der Waals surface area (Å²) in [6, 6.07) is 23.7. The van der Waals surface area contributed by atoms with Crippen molar-refractivity contribution in [3.8, 4) is 0 Å². The summed E-state index contributed by atoms with van der Waals surface area (Å²) in [7, 11) is -7.41. The van der Waals surface area contributed by atoms with Crippen LogP contribution in [0, 0.1) is 0 Å². The van der Waals surface area contributed by atoms with Gasteiger partial charge >= 0.3 is 0 Å². The molecule has 0 saturated carbocycles. The van der Waals surface area contributed by atoms with Gasteiger partial charge in [0.1, 0.15) is 0 Å². The first-order valence-electron chi connectivity index (χ1n) is 7.22. The molecule has 0 aromatic heterocycles. The first-order chi connectivity index (χ1) is 11.4. The van der Waals surface area contributed by atoms with Crippen LogP contribution in [0.2, 0.25) is 0 Å². The molecule has 0 aliphatic heterocycles. The van der Waals surface area contributed by atoms with Gasteiger partial charge in [-0.05, 0) is 24.3 Å². The van der Waals surface area contributed by atoms with E-state index in [9.17, 15) is 13.0 Å². The minimum absolute atomic E-state index is 0.223. The van der Waals surface area contributed by atoms with Crippen molar-refractivity contribution in [2.75, 3.05) is 0 Å². The van der Waals surface area contributed by atoms with E-state index >= 15 is 0 Å². The van der Waals surface area contributed by atoms with E-state index < -0.39 is 17.3 Å². The van der Waals surface area contributed by atoms with Gasteiger partial charge in [-0.15, -0.1) is 0 Å². The second-order valence-corrected chi connectivity index (χ2v) is 9.44. The molecule has 0 aliphatic carbocycles. The molecule has 0 amide bonds. The van der Waals surface area contributed by atoms with Gasteiger partial charge in [-0.3, -0.25) is 4.55 Å². The van der Waals surface area contributed by atoms with Crippen LogP contribution >= 0.6 is 7.14 Å². The fraction of sp³-hybridized carbons (Fsp3) is 0. The van der Waals surface area contributed by atoms with E-state index in [-0.39, 0.29) is 4.90 Å². The van der Waals surface area contributed by atoms with Crippen molar-refractivity contribution in [1.82, 2.24) is 0 Å². The predicted octanol–water partition coefficient (Wildman–Crippen LogP) is 2.57. The molecule has 3 aromatic carbocycles. The normalized spacial score (nSPS) is 12.0. The third-order valence-electron chi connectivity index (χ3n) is 3.74. The van der Waals surface area contributed by atoms with Crippen LogP contribution in [0.3, 0.4) is 0 Å². The SMILES string of the molecule is O=P(c1ccccc1)(c1ccccc1)c1ccc(S(=O)(=O)O)cc1. The highest BCUT2D eigenvalue weighted by Crippen LogP contribution is 2.42. The lowest BCUT2D eigenvalue weighted by Gasteiger charge is -2.20. The molecule has 3 aromatic rings. The standard InChI is InChI=1S/C18H15O4PS/c19-23(15-7-3-1-4-8-15,16-9-5-2-6-10-16)17-11-13-18(14-12-17)24(20,21)22/h1-14H,(H,20,21,22). The molecule has 24 heavy (non-hydrogen) atoms. The van der Waals surface area contributed by atoms with Gasteiger partial charge in [-0.2, -0.15) is 8.42 Å². The van der Waals surface area contributed by atoms with E-state index in [4.69, 9.17) is 4.55 Å². The van der Waals surface area contributed by atoms with E-state index in [0.29, 0.717) is 15.9 Å². The Kier molecular flexibility index (Phi) is 4.41. The van der Waals surface area contributed by atoms with Crippen LogP contribution in [0.15, 0.2) is 89.8 Å². The van der Waals surface area contributed by atoms with Crippen molar-refractivity contribution in [2.24, 2.45) is 0 Å². The molecule has 0 heterocycles. The fourth-order valence-electron chi connectivity index (χ4n) is 2.55. The lowest BCUT2D eigenvalue weighted by molar-refractivity contribution is 0.483. The van der Waals surface area contributed by atoms with Crippen LogP contribution in [0.25, 0.3) is 0 Å². The summed E-state index contributed by atoms with van der Waals surface area (Å²) in [6.07, 6.45) is 0. The first kappa shape index (κ1) is 16.7. The van der Waals surface area contributed by atoms with Gasteiger partial charge in [0.25, 0.3) is 10.1 Å². The highest BCUT2D eigenvalue weighted by Gasteiger charge is 2.29. The first-order valence-corrected chi connectivity index (χ1v) is 10.4. The third kappa shape index (κ3) is 3.06. The van der Waals surface area contributed by atoms with E-state index in [1.54, 1.807) is 24.3 Å². The topological polar surface area (TPSA) is 71.4 Å². The average Bonchev–Trinajstić information content (AvgIpc) is 2.62. The zero-order chi connectivity index (χ0) is 17.2. The van der Waals surface area contributed by atoms with E-state index in [1.165, 1.54) is 24.3 Å². The number of rotatable bonds is 4. The lowest BCUT2D eigenvalue weighted by Crippen LogP contribution is -2.25. The Balaban J connectivity index is 2.22. The van der Waals surface area contributed by atoms with Crippen molar-refractivity contribution < 1.29 is 17.5 Å². The molecule has 4 nitrogen and oxygen atoms in total. The Morgan fingerprint density at radius 1 is 0.625 bits per heavy atom. The van der Waals surface area contributed by atoms with E-state index in [2.05, 4.69) is 0 Å². The summed E-state index contributed by atoms with van der Waals surface area (Å²) in [5, 5.41) is 1.83. The molecule has 0 unspecified atom stereocenters. The molecule has 0 bridgehead atoms. The Bertz CT molecular complexity index is 939. The molecule has 0 spiro atoms. The summed E-state index contributed by atoms with van der Waals surface area (Å²) in [5.41, 5.74) is 0. The highest BCUT2D eigenvalue weighted by atomic mass is 32.2. The lowest BCUT2D eigenvalue weighted by atomic mass is 10.3. The van der Waals surface area contributed by atoms with Gasteiger partial charge in [-0.1, -0.05) is 60.7 Å². The van der Waals surface area contributed by atoms with Crippen molar-refractivity contribution in [3.05, 3.63) is 84.9 Å². The van der Waals surface area contributed by atoms with E-state index in [1.807, 2.05) is 36.4 Å². The van der Waals surface area contributed by atoms with Crippen LogP contribution < -0.4 is 15.9 Å². The summed E-state index contributed by atoms with van der Waals surface area (Å²) in [5.74, 6) is 0. The smallest absolute Gasteiger partial charge is 0.294 e. The number of hydrogen-bond acceptors (Lipinski definition) is 3. The van der Waals surface area contributed by atoms with Gasteiger partial charge in [0, 0.05) is 15.9 Å². The Labute approximate surface area is 140 Å². The maximum Gasteiger partial charge on any atom is 0.294 e. The van der Waals surface area contributed by atoms with Gasteiger partial charge in [0.15, 0.2) is 7.14 Å². The van der Waals surface area contributed by atoms with Crippen LogP contribution in [-0.4, -0.2) is 13.0 Å². The monoisotopic (exact) mass is 358 g/mol. The van der Waals surface area contributed by atoms with Crippen LogP contribution in [0.1, 0.15) is 0 Å². The largest absolute Gasteiger partial charge is 0.309 e. The molecule has 0 atom stereocenters. The van der Waals surface area contributed by atoms with E-state index in [0.717, 1.165) is 0 Å². The Hall–Kier alpha value is -2.20. The van der Waals surface area contributed by atoms with Crippen molar-refractivity contribution in [2.45, 2.75) is 4.90 Å². The quantitative estimate of drug-likeness (QED) is 0.575. The van der Waals surface area contributed by atoms with Crippen molar-refractivity contribution in [1.29, 1.82) is 0 Å². The minimum atomic E-state index is -4.28. The number of hydrogen-bond donors (Lipinski definition) is 1. The van der Waals surface area contributed by atoms with Crippen LogP contribution in [0.4, 0.5) is 0 Å². The van der Waals surface area contributed by atoms with Gasteiger partial charge in [0.2, 0.25) is 0 Å². The zero-order valence-electron chi connectivity index (χ0n) is 12.6. The summed E-state index contributed by atoms with van der Waals surface area (Å²) < 4.78 is 45.5. The maximum absolute atomic E-state index is 14.0. The van der Waals surface area contributed by atoms with Crippen LogP contribution in [-0.2, 0) is 14.7 Å². The van der Waals surface area contributed by atoms with Gasteiger partial charge in [0.05, 0.1) is 4.90 Å². The van der Waals surface area contributed by atoms with Crippen LogP contribution in [0.5, 0.6) is 0 Å². The summed E-state index contributed by atoms with van der Waals surface area (Å²) in [6.45, 7) is 0. The molecular weight excluding hydrogens is 343 g/mol. The second kappa shape index (κ2) is 6.36. The molecule has 0 fully saturated rings. The molecular formula is C18H15O4PS. The second-order valence-electron chi connectivity index (χ2n) is 5.25. The fourth-order valence-corrected chi connectivity index (χ4v) is 5.68. The van der Waals surface area contributed by atoms with Gasteiger partial charge in [-0.25, -0.2) is 0 Å². The van der Waals surface area contributed by atoms with Crippen molar-refractivity contribution in [3.63, 3.8) is 0 Å². The third-order valence-corrected chi connectivity index (χ3v) is 7.68. The molecule has 122 valence electrons.